The van der Waals surface area contributed by atoms with Crippen LogP contribution in [0.2, 0.25) is 0 Å². The third kappa shape index (κ3) is 9.28. The Labute approximate surface area is 112 Å². The van der Waals surface area contributed by atoms with E-state index in [1.165, 1.54) is 44.9 Å². The smallest absolute Gasteiger partial charge is 0.450 e. The van der Waals surface area contributed by atoms with Crippen molar-refractivity contribution in [2.24, 2.45) is 11.7 Å². The minimum absolute atomic E-state index is 0.119. The second-order valence-corrected chi connectivity index (χ2v) is 4.91. The average molecular weight is 261 g/mol. The van der Waals surface area contributed by atoms with Gasteiger partial charge in [-0.25, -0.2) is 4.79 Å². The summed E-state index contributed by atoms with van der Waals surface area (Å²) in [7, 11) is 0. The van der Waals surface area contributed by atoms with Crippen molar-refractivity contribution in [3.8, 4) is 0 Å². The Bertz CT molecular complexity index is 197. The number of carboxylic acid groups (broad SMARTS) is 2. The molecule has 0 radical (unpaired) electrons. The number of hydrogen-bond acceptors (Lipinski definition) is 2. The highest BCUT2D eigenvalue weighted by Crippen LogP contribution is 2.31. The maximum Gasteiger partial charge on any atom is 0.503 e. The summed E-state index contributed by atoms with van der Waals surface area (Å²) in [5.74, 6) is 0.729. The molecule has 0 aromatic heterocycles. The van der Waals surface area contributed by atoms with Gasteiger partial charge < -0.3 is 15.9 Å². The van der Waals surface area contributed by atoms with Crippen molar-refractivity contribution < 1.29 is 15.0 Å². The first-order chi connectivity index (χ1) is 8.37. The zero-order valence-electron chi connectivity index (χ0n) is 12.4. The van der Waals surface area contributed by atoms with E-state index in [4.69, 9.17) is 20.7 Å². The van der Waals surface area contributed by atoms with Crippen LogP contribution in [0.3, 0.4) is 0 Å². The van der Waals surface area contributed by atoms with Crippen LogP contribution in [0.5, 0.6) is 0 Å². The van der Waals surface area contributed by atoms with E-state index in [-0.39, 0.29) is 5.54 Å². The normalized spacial score (nSPS) is 12.5. The van der Waals surface area contributed by atoms with E-state index in [0.29, 0.717) is 0 Å². The van der Waals surface area contributed by atoms with Crippen molar-refractivity contribution >= 4 is 6.16 Å². The molecular formula is C14H31NO3. The zero-order valence-corrected chi connectivity index (χ0v) is 12.4. The van der Waals surface area contributed by atoms with Crippen molar-refractivity contribution in [2.75, 3.05) is 0 Å². The van der Waals surface area contributed by atoms with Crippen LogP contribution in [0.25, 0.3) is 0 Å². The minimum Gasteiger partial charge on any atom is -0.450 e. The lowest BCUT2D eigenvalue weighted by Gasteiger charge is -2.37. The van der Waals surface area contributed by atoms with Crippen LogP contribution in [0.1, 0.15) is 72.6 Å². The second-order valence-electron chi connectivity index (χ2n) is 4.91. The summed E-state index contributed by atoms with van der Waals surface area (Å²) in [4.78, 5) is 8.56. The molecule has 0 aromatic carbocycles. The molecule has 1 atom stereocenters. The Kier molecular flexibility index (Phi) is 12.3. The molecule has 0 rings (SSSR count). The van der Waals surface area contributed by atoms with E-state index >= 15 is 0 Å². The molecule has 4 nitrogen and oxygen atoms in total. The Morgan fingerprint density at radius 1 is 1.06 bits per heavy atom. The molecule has 1 unspecified atom stereocenters. The van der Waals surface area contributed by atoms with E-state index in [9.17, 15) is 0 Å². The van der Waals surface area contributed by atoms with Crippen molar-refractivity contribution in [3.05, 3.63) is 0 Å². The van der Waals surface area contributed by atoms with Crippen LogP contribution in [0.4, 0.5) is 4.79 Å². The molecule has 0 fully saturated rings. The molecule has 18 heavy (non-hydrogen) atoms. The molecule has 0 saturated heterocycles. The average Bonchev–Trinajstić information content (AvgIpc) is 2.25. The summed E-state index contributed by atoms with van der Waals surface area (Å²) in [6.07, 6.45) is 6.80. The van der Waals surface area contributed by atoms with Gasteiger partial charge in [0, 0.05) is 5.54 Å². The summed E-state index contributed by atoms with van der Waals surface area (Å²) in [5, 5.41) is 13.9. The quantitative estimate of drug-likeness (QED) is 0.607. The molecule has 4 heteroatoms. The second kappa shape index (κ2) is 11.3. The molecular weight excluding hydrogens is 230 g/mol. The molecule has 0 amide bonds. The van der Waals surface area contributed by atoms with Gasteiger partial charge in [-0.2, -0.15) is 0 Å². The summed E-state index contributed by atoms with van der Waals surface area (Å²) in [6.45, 7) is 9.04. The van der Waals surface area contributed by atoms with Crippen LogP contribution in [0.15, 0.2) is 0 Å². The van der Waals surface area contributed by atoms with E-state index in [0.717, 1.165) is 5.92 Å². The molecule has 0 aliphatic carbocycles. The number of hydrogen-bond donors (Lipinski definition) is 3. The molecule has 110 valence electrons. The van der Waals surface area contributed by atoms with Crippen molar-refractivity contribution in [1.29, 1.82) is 0 Å². The molecule has 0 aliphatic heterocycles. The topological polar surface area (TPSA) is 83.6 Å². The first-order valence-corrected chi connectivity index (χ1v) is 7.08. The van der Waals surface area contributed by atoms with Crippen molar-refractivity contribution in [1.82, 2.24) is 0 Å². The van der Waals surface area contributed by atoms with Gasteiger partial charge in [0.2, 0.25) is 0 Å². The van der Waals surface area contributed by atoms with Crippen molar-refractivity contribution in [3.63, 3.8) is 0 Å². The molecule has 0 spiro atoms. The van der Waals surface area contributed by atoms with Crippen LogP contribution in [-0.4, -0.2) is 21.9 Å². The van der Waals surface area contributed by atoms with Gasteiger partial charge in [-0.1, -0.05) is 53.4 Å². The summed E-state index contributed by atoms with van der Waals surface area (Å²) in [5.41, 5.74) is 6.68. The van der Waals surface area contributed by atoms with Gasteiger partial charge in [0.1, 0.15) is 0 Å². The minimum atomic E-state index is -1.83. The van der Waals surface area contributed by atoms with Gasteiger partial charge in [0.05, 0.1) is 0 Å². The first kappa shape index (κ1) is 19.6. The lowest BCUT2D eigenvalue weighted by Crippen LogP contribution is -2.46. The standard InChI is InChI=1S/C13H29N.CH2O3/c1-5-9-12(8-4)13(14,10-6-2)11-7-3;2-1(3)4/h12H,5-11,14H2,1-4H3;(H2,2,3,4). The molecule has 0 heterocycles. The highest BCUT2D eigenvalue weighted by atomic mass is 16.6. The van der Waals surface area contributed by atoms with E-state index in [2.05, 4.69) is 27.7 Å². The van der Waals surface area contributed by atoms with Crippen LogP contribution in [0, 0.1) is 5.92 Å². The lowest BCUT2D eigenvalue weighted by molar-refractivity contribution is 0.137. The van der Waals surface area contributed by atoms with Gasteiger partial charge in [0.15, 0.2) is 0 Å². The molecule has 0 saturated carbocycles. The third-order valence-corrected chi connectivity index (χ3v) is 3.37. The van der Waals surface area contributed by atoms with E-state index < -0.39 is 6.16 Å². The van der Waals surface area contributed by atoms with Crippen LogP contribution < -0.4 is 5.73 Å². The Morgan fingerprint density at radius 2 is 1.44 bits per heavy atom. The highest BCUT2D eigenvalue weighted by Gasteiger charge is 2.30. The fourth-order valence-electron chi connectivity index (χ4n) is 2.71. The van der Waals surface area contributed by atoms with Gasteiger partial charge in [0.25, 0.3) is 0 Å². The highest BCUT2D eigenvalue weighted by molar-refractivity contribution is 5.53. The molecule has 0 aromatic rings. The first-order valence-electron chi connectivity index (χ1n) is 7.08. The Morgan fingerprint density at radius 3 is 1.67 bits per heavy atom. The maximum atomic E-state index is 8.56. The van der Waals surface area contributed by atoms with E-state index in [1.54, 1.807) is 0 Å². The summed E-state index contributed by atoms with van der Waals surface area (Å²) in [6, 6.07) is 0. The number of carbonyl (C=O) groups is 1. The molecule has 0 aliphatic rings. The number of nitrogens with two attached hydrogens (primary N) is 1. The van der Waals surface area contributed by atoms with E-state index in [1.807, 2.05) is 0 Å². The third-order valence-electron chi connectivity index (χ3n) is 3.37. The summed E-state index contributed by atoms with van der Waals surface area (Å²) >= 11 is 0. The zero-order chi connectivity index (χ0) is 14.6. The van der Waals surface area contributed by atoms with Crippen LogP contribution >= 0.6 is 0 Å². The van der Waals surface area contributed by atoms with Crippen molar-refractivity contribution in [2.45, 2.75) is 78.2 Å². The SMILES string of the molecule is CCCC(CC)C(N)(CCC)CCC.O=C(O)O. The van der Waals surface area contributed by atoms with Gasteiger partial charge in [-0.15, -0.1) is 0 Å². The predicted octanol–water partition coefficient (Wildman–Crippen LogP) is 4.33. The van der Waals surface area contributed by atoms with Gasteiger partial charge in [-0.05, 0) is 25.2 Å². The lowest BCUT2D eigenvalue weighted by atomic mass is 9.74. The largest absolute Gasteiger partial charge is 0.503 e. The predicted molar refractivity (Wildman–Crippen MR) is 76.1 cm³/mol. The Balaban J connectivity index is 0. The van der Waals surface area contributed by atoms with Gasteiger partial charge in [-0.3, -0.25) is 0 Å². The van der Waals surface area contributed by atoms with Crippen LogP contribution in [-0.2, 0) is 0 Å². The maximum absolute atomic E-state index is 8.56. The monoisotopic (exact) mass is 261 g/mol. The molecule has 0 bridgehead atoms. The number of rotatable bonds is 8. The molecule has 4 N–H and O–H groups in total. The Hall–Kier alpha value is -0.770. The summed E-state index contributed by atoms with van der Waals surface area (Å²) < 4.78 is 0. The fraction of sp³-hybridized carbons (Fsp3) is 0.929. The fourth-order valence-corrected chi connectivity index (χ4v) is 2.71. The van der Waals surface area contributed by atoms with Gasteiger partial charge >= 0.3 is 6.16 Å².